The van der Waals surface area contributed by atoms with Gasteiger partial charge in [0.1, 0.15) is 54.0 Å². The Morgan fingerprint density at radius 3 is 1.34 bits per heavy atom. The molecule has 372 valence electrons. The summed E-state index contributed by atoms with van der Waals surface area (Å²) in [6.07, 6.45) is -7.58. The third kappa shape index (κ3) is 13.2. The molecule has 0 radical (unpaired) electrons. The first kappa shape index (κ1) is 56.9. The molecule has 2 fully saturated rings. The summed E-state index contributed by atoms with van der Waals surface area (Å²) in [5.41, 5.74) is 1.15. The van der Waals surface area contributed by atoms with E-state index in [9.17, 15) is 48.9 Å². The summed E-state index contributed by atoms with van der Waals surface area (Å²) in [5.74, 6) is -4.29. The summed E-state index contributed by atoms with van der Waals surface area (Å²) in [4.78, 5) is 92.4. The van der Waals surface area contributed by atoms with E-state index in [1.54, 1.807) is 43.3 Å². The van der Waals surface area contributed by atoms with Crippen molar-refractivity contribution in [2.45, 2.75) is 111 Å². The number of aliphatic hydroxyl groups excluding tert-OH is 3. The number of nitrogens with zero attached hydrogens (tertiary/aromatic N) is 2. The van der Waals surface area contributed by atoms with Gasteiger partial charge in [-0.3, -0.25) is 43.4 Å². The van der Waals surface area contributed by atoms with Gasteiger partial charge < -0.3 is 44.1 Å². The normalized spacial score (nSPS) is 25.3. The number of ether oxygens (including phenoxy) is 5. The maximum atomic E-state index is 13.5. The fourth-order valence-corrected chi connectivity index (χ4v) is 10.5. The van der Waals surface area contributed by atoms with Crippen LogP contribution in [-0.2, 0) is 38.1 Å². The zero-order valence-corrected chi connectivity index (χ0v) is 43.6. The van der Waals surface area contributed by atoms with Gasteiger partial charge in [0.05, 0.1) is 28.9 Å². The number of benzene rings is 4. The smallest absolute Gasteiger partial charge is 0.855 e. The van der Waals surface area contributed by atoms with E-state index in [1.807, 2.05) is 62.4 Å². The second-order valence-electron chi connectivity index (χ2n) is 16.4. The molecule has 0 saturated carbocycles. The monoisotopic (exact) mass is 1020 g/mol. The summed E-state index contributed by atoms with van der Waals surface area (Å²) in [7, 11) is 0. The van der Waals surface area contributed by atoms with Crippen LogP contribution in [0, 0.1) is 13.8 Å². The minimum Gasteiger partial charge on any atom is -0.855 e. The van der Waals surface area contributed by atoms with Crippen LogP contribution in [0.1, 0.15) is 80.3 Å². The van der Waals surface area contributed by atoms with Crippen LogP contribution in [-0.4, -0.2) is 146 Å². The fourth-order valence-electron chi connectivity index (χ4n) is 8.15. The van der Waals surface area contributed by atoms with Crippen LogP contribution < -0.4 is 34.7 Å². The number of imide groups is 2. The van der Waals surface area contributed by atoms with E-state index in [2.05, 4.69) is 0 Å². The predicted octanol–water partition coefficient (Wildman–Crippen LogP) is 0.465. The summed E-state index contributed by atoms with van der Waals surface area (Å²) in [6, 6.07) is 25.5. The number of carbonyl (C=O) groups excluding carboxylic acids is 7. The Balaban J connectivity index is 0.000000254. The largest absolute Gasteiger partial charge is 1.00 e. The maximum absolute atomic E-state index is 13.5. The molecule has 21 heteroatoms. The van der Waals surface area contributed by atoms with E-state index in [0.29, 0.717) is 0 Å². The molecule has 10 unspecified atom stereocenters. The number of esters is 3. The molecule has 0 aromatic heterocycles. The van der Waals surface area contributed by atoms with Crippen LogP contribution in [0.3, 0.4) is 0 Å². The average molecular weight is 1030 g/mol. The van der Waals surface area contributed by atoms with Crippen LogP contribution in [0.25, 0.3) is 0 Å². The van der Waals surface area contributed by atoms with E-state index < -0.39 is 108 Å². The summed E-state index contributed by atoms with van der Waals surface area (Å²) in [5, 5.41) is 39.7. The molecule has 71 heavy (non-hydrogen) atoms. The van der Waals surface area contributed by atoms with Gasteiger partial charge in [0.25, 0.3) is 23.6 Å². The molecule has 10 atom stereocenters. The van der Waals surface area contributed by atoms with Gasteiger partial charge in [0.2, 0.25) is 0 Å². The Morgan fingerprint density at radius 1 is 0.592 bits per heavy atom. The number of hydrogen-bond acceptors (Lipinski definition) is 18. The number of amides is 4. The molecule has 4 aromatic carbocycles. The van der Waals surface area contributed by atoms with Gasteiger partial charge >= 0.3 is 47.5 Å². The van der Waals surface area contributed by atoms with Gasteiger partial charge in [-0.25, -0.2) is 0 Å². The van der Waals surface area contributed by atoms with Crippen molar-refractivity contribution >= 4 is 65.1 Å². The number of carbonyl (C=O) groups is 7. The van der Waals surface area contributed by atoms with Crippen LogP contribution in [0.15, 0.2) is 107 Å². The van der Waals surface area contributed by atoms with Gasteiger partial charge in [0.15, 0.2) is 12.2 Å². The number of hydrogen-bond donors (Lipinski definition) is 3. The van der Waals surface area contributed by atoms with Gasteiger partial charge in [-0.05, 0) is 62.4 Å². The van der Waals surface area contributed by atoms with Crippen molar-refractivity contribution in [2.24, 2.45) is 0 Å². The predicted molar refractivity (Wildman–Crippen MR) is 250 cm³/mol. The molecule has 8 rings (SSSR count). The first-order valence-corrected chi connectivity index (χ1v) is 23.9. The molecular formula is C50H53N2NaO16S2. The standard InChI is InChI=1S/C27H27NO9S.C21H21NO6S.C2H5O.Na/c1-14-9-11-18(12-10-14)38-27-22(28-25(32)19-7-5-6-8-20(19)26(28)33)24(36-17(4)31)23(35-16(3)30)21(37-27)13-34-15(2)29;1-11-6-8-12(9-7-11)29-21-16(18(25)17(24)15(10-23)28-21)22-19(26)13-4-2-3-5-14(13)20(22)27;1-2-3;/h5-12,21-24,27H,13H2,1-4H3;2-9,15-18,21,23-25H,10H2,1H3;2H2,1H3;/q;;-1;+1. The maximum Gasteiger partial charge on any atom is 1.00 e. The van der Waals surface area contributed by atoms with Crippen molar-refractivity contribution in [3.8, 4) is 0 Å². The fraction of sp³-hybridized carbons (Fsp3) is 0.380. The number of aryl methyl sites for hydroxylation is 2. The third-order valence-electron chi connectivity index (χ3n) is 11.3. The van der Waals surface area contributed by atoms with E-state index in [-0.39, 0.29) is 65.0 Å². The van der Waals surface area contributed by atoms with Gasteiger partial charge in [-0.15, -0.1) is 6.61 Å². The number of rotatable bonds is 11. The second kappa shape index (κ2) is 25.6. The Hall–Kier alpha value is -4.97. The molecule has 0 aliphatic carbocycles. The SMILES string of the molecule is CC(=O)OCC1OC(Sc2ccc(C)cc2)C(N2C(=O)c3ccccc3C2=O)C(OC(C)=O)C1OC(C)=O.CC[O-].Cc1ccc(SC2OC(CO)C(O)C(O)C2N2C(=O)c3ccccc3C2=O)cc1.[Na+]. The average Bonchev–Trinajstić information content (AvgIpc) is 3.72. The molecule has 4 aliphatic rings. The topological polar surface area (TPSA) is 256 Å². The van der Waals surface area contributed by atoms with Crippen molar-refractivity contribution in [3.05, 3.63) is 130 Å². The zero-order valence-electron chi connectivity index (χ0n) is 40.0. The first-order chi connectivity index (χ1) is 33.4. The van der Waals surface area contributed by atoms with Crippen LogP contribution in [0.5, 0.6) is 0 Å². The summed E-state index contributed by atoms with van der Waals surface area (Å²) < 4.78 is 28.4. The molecular weight excluding hydrogens is 972 g/mol. The quantitative estimate of drug-likeness (QED) is 0.0799. The molecule has 4 heterocycles. The molecule has 3 N–H and O–H groups in total. The number of aliphatic hydroxyl groups is 3. The van der Waals surface area contributed by atoms with E-state index in [4.69, 9.17) is 28.8 Å². The zero-order chi connectivity index (χ0) is 51.0. The molecule has 18 nitrogen and oxygen atoms in total. The Bertz CT molecular complexity index is 2500. The first-order valence-electron chi connectivity index (χ1n) is 22.1. The van der Waals surface area contributed by atoms with Crippen molar-refractivity contribution in [2.75, 3.05) is 19.8 Å². The molecule has 2 saturated heterocycles. The van der Waals surface area contributed by atoms with Crippen molar-refractivity contribution in [3.63, 3.8) is 0 Å². The Kier molecular flexibility index (Phi) is 20.5. The minimum atomic E-state index is -1.47. The van der Waals surface area contributed by atoms with E-state index in [0.717, 1.165) is 37.6 Å². The van der Waals surface area contributed by atoms with Crippen LogP contribution in [0.2, 0.25) is 0 Å². The van der Waals surface area contributed by atoms with Crippen molar-refractivity contribution in [1.29, 1.82) is 0 Å². The molecule has 0 spiro atoms. The second-order valence-corrected chi connectivity index (χ2v) is 18.7. The number of fused-ring (bicyclic) bond motifs is 2. The molecule has 4 aromatic rings. The Labute approximate surface area is 440 Å². The molecule has 0 bridgehead atoms. The summed E-state index contributed by atoms with van der Waals surface area (Å²) in [6.45, 7) is 8.19. The van der Waals surface area contributed by atoms with Crippen LogP contribution >= 0.6 is 23.5 Å². The Morgan fingerprint density at radius 2 is 0.958 bits per heavy atom. The number of thioether (sulfide) groups is 2. The van der Waals surface area contributed by atoms with Crippen molar-refractivity contribution in [1.82, 2.24) is 9.80 Å². The van der Waals surface area contributed by atoms with E-state index in [1.165, 1.54) is 49.5 Å². The van der Waals surface area contributed by atoms with Crippen molar-refractivity contribution < 1.29 is 107 Å². The molecule has 4 aliphatic heterocycles. The third-order valence-corrected chi connectivity index (χ3v) is 13.6. The van der Waals surface area contributed by atoms with Crippen LogP contribution in [0.4, 0.5) is 0 Å². The molecule has 4 amide bonds. The van der Waals surface area contributed by atoms with E-state index >= 15 is 0 Å². The van der Waals surface area contributed by atoms with Gasteiger partial charge in [0, 0.05) is 30.6 Å². The van der Waals surface area contributed by atoms with Gasteiger partial charge in [-0.1, -0.05) is 90.1 Å². The van der Waals surface area contributed by atoms with Gasteiger partial charge in [-0.2, -0.15) is 0 Å². The minimum absolute atomic E-state index is 0. The summed E-state index contributed by atoms with van der Waals surface area (Å²) >= 11 is 2.43.